The van der Waals surface area contributed by atoms with Gasteiger partial charge in [0, 0.05) is 62.5 Å². The third-order valence-corrected chi connectivity index (χ3v) is 8.70. The monoisotopic (exact) mass is 412 g/mol. The van der Waals surface area contributed by atoms with E-state index in [0.717, 1.165) is 75.9 Å². The number of hydrogen-bond donors (Lipinski definition) is 0. The first kappa shape index (κ1) is 19.5. The molecule has 1 saturated carbocycles. The van der Waals surface area contributed by atoms with Crippen LogP contribution in [0.4, 0.5) is 0 Å². The maximum Gasteiger partial charge on any atom is 0.255 e. The number of aromatic nitrogens is 1. The molecule has 0 amide bonds. The maximum atomic E-state index is 13.4. The van der Waals surface area contributed by atoms with E-state index in [-0.39, 0.29) is 5.56 Å². The lowest BCUT2D eigenvalue weighted by Gasteiger charge is -2.47. The summed E-state index contributed by atoms with van der Waals surface area (Å²) in [6.45, 7) is 8.00. The zero-order valence-corrected chi connectivity index (χ0v) is 18.5. The molecule has 4 bridgehead atoms. The lowest BCUT2D eigenvalue weighted by atomic mass is 9.82. The fourth-order valence-corrected chi connectivity index (χ4v) is 7.38. The SMILES string of the molecule is CN(C)C1[C@@H]2CC[C@H]1CN(Cc1ccc3n(c1=O)C[C@H]1C[C@@H]3CN(C3COC3)C1)C2. The van der Waals surface area contributed by atoms with E-state index in [4.69, 9.17) is 4.74 Å². The average molecular weight is 413 g/mol. The normalized spacial score (nSPS) is 36.7. The van der Waals surface area contributed by atoms with Crippen LogP contribution in [0.15, 0.2) is 16.9 Å². The number of fused-ring (bicyclic) bond motifs is 6. The van der Waals surface area contributed by atoms with Crippen LogP contribution in [0, 0.1) is 17.8 Å². The van der Waals surface area contributed by atoms with E-state index < -0.39 is 0 Å². The van der Waals surface area contributed by atoms with Gasteiger partial charge in [-0.25, -0.2) is 0 Å². The van der Waals surface area contributed by atoms with Crippen LogP contribution in [-0.2, 0) is 17.8 Å². The van der Waals surface area contributed by atoms with Crippen LogP contribution in [-0.4, -0.2) is 84.8 Å². The Morgan fingerprint density at radius 2 is 1.80 bits per heavy atom. The van der Waals surface area contributed by atoms with Gasteiger partial charge in [0.1, 0.15) is 0 Å². The average Bonchev–Trinajstić information content (AvgIpc) is 2.94. The van der Waals surface area contributed by atoms with Gasteiger partial charge in [0.25, 0.3) is 5.56 Å². The number of likely N-dealkylation sites (tertiary alicyclic amines) is 2. The van der Waals surface area contributed by atoms with Crippen molar-refractivity contribution in [3.05, 3.63) is 33.7 Å². The van der Waals surface area contributed by atoms with Gasteiger partial charge in [0.2, 0.25) is 0 Å². The number of piperidine rings is 2. The van der Waals surface area contributed by atoms with E-state index in [0.29, 0.717) is 17.9 Å². The van der Waals surface area contributed by atoms with Crippen LogP contribution in [0.5, 0.6) is 0 Å². The van der Waals surface area contributed by atoms with Crippen molar-refractivity contribution in [3.63, 3.8) is 0 Å². The Hall–Kier alpha value is -1.21. The molecule has 4 fully saturated rings. The lowest BCUT2D eigenvalue weighted by Crippen LogP contribution is -2.56. The molecule has 6 rings (SSSR count). The van der Waals surface area contributed by atoms with Crippen molar-refractivity contribution < 1.29 is 4.74 Å². The summed E-state index contributed by atoms with van der Waals surface area (Å²) in [6.07, 6.45) is 3.93. The van der Waals surface area contributed by atoms with Gasteiger partial charge in [-0.15, -0.1) is 0 Å². The first-order chi connectivity index (χ1) is 14.6. The van der Waals surface area contributed by atoms with E-state index in [9.17, 15) is 4.79 Å². The summed E-state index contributed by atoms with van der Waals surface area (Å²) in [5, 5.41) is 0. The summed E-state index contributed by atoms with van der Waals surface area (Å²) in [5.41, 5.74) is 2.56. The Bertz CT molecular complexity index is 849. The van der Waals surface area contributed by atoms with Crippen molar-refractivity contribution in [1.29, 1.82) is 0 Å². The molecule has 3 saturated heterocycles. The predicted octanol–water partition coefficient (Wildman–Crippen LogP) is 1.44. The Balaban J connectivity index is 1.20. The highest BCUT2D eigenvalue weighted by atomic mass is 16.5. The van der Waals surface area contributed by atoms with E-state index in [1.807, 2.05) is 0 Å². The molecule has 0 radical (unpaired) electrons. The second-order valence-electron chi connectivity index (χ2n) is 10.9. The largest absolute Gasteiger partial charge is 0.378 e. The van der Waals surface area contributed by atoms with Crippen LogP contribution >= 0.6 is 0 Å². The summed E-state index contributed by atoms with van der Waals surface area (Å²) in [6, 6.07) is 5.77. The third-order valence-electron chi connectivity index (χ3n) is 8.70. The highest BCUT2D eigenvalue weighted by molar-refractivity contribution is 5.23. The van der Waals surface area contributed by atoms with Crippen molar-refractivity contribution in [2.24, 2.45) is 17.8 Å². The minimum atomic E-state index is 0.282. The fraction of sp³-hybridized carbons (Fsp3) is 0.792. The van der Waals surface area contributed by atoms with Gasteiger partial charge in [-0.1, -0.05) is 6.07 Å². The van der Waals surface area contributed by atoms with Crippen LogP contribution in [0.1, 0.15) is 36.4 Å². The summed E-state index contributed by atoms with van der Waals surface area (Å²) in [7, 11) is 4.47. The first-order valence-electron chi connectivity index (χ1n) is 12.0. The van der Waals surface area contributed by atoms with Gasteiger partial charge in [-0.3, -0.25) is 14.6 Å². The molecule has 1 unspecified atom stereocenters. The van der Waals surface area contributed by atoms with Crippen molar-refractivity contribution in [2.75, 3.05) is 53.5 Å². The first-order valence-corrected chi connectivity index (χ1v) is 12.0. The van der Waals surface area contributed by atoms with Crippen LogP contribution in [0.2, 0.25) is 0 Å². The van der Waals surface area contributed by atoms with E-state index in [1.165, 1.54) is 25.0 Å². The topological polar surface area (TPSA) is 41.0 Å². The second kappa shape index (κ2) is 7.44. The Morgan fingerprint density at radius 3 is 2.47 bits per heavy atom. The predicted molar refractivity (Wildman–Crippen MR) is 117 cm³/mol. The maximum absolute atomic E-state index is 13.4. The molecule has 1 aliphatic carbocycles. The molecule has 0 spiro atoms. The zero-order chi connectivity index (χ0) is 20.4. The molecule has 6 heteroatoms. The smallest absolute Gasteiger partial charge is 0.255 e. The standard InChI is InChI=1S/C24H36N4O2/c1-25(2)23-17-3-4-18(23)11-26(10-17)12-19-5-6-22-20-7-16(9-28(22)24(19)29)8-27(13-20)21-14-30-15-21/h5-6,16-18,20-21,23H,3-4,7-15H2,1-2H3/t16-,17-,18+,20+,23?/m0/s1. The molecule has 0 N–H and O–H groups in total. The number of nitrogens with zero attached hydrogens (tertiary/aromatic N) is 4. The second-order valence-corrected chi connectivity index (χ2v) is 10.9. The van der Waals surface area contributed by atoms with Crippen LogP contribution < -0.4 is 5.56 Å². The molecule has 5 heterocycles. The fourth-order valence-electron chi connectivity index (χ4n) is 7.38. The van der Waals surface area contributed by atoms with Gasteiger partial charge < -0.3 is 14.2 Å². The van der Waals surface area contributed by atoms with Gasteiger partial charge in [0.15, 0.2) is 0 Å². The number of ether oxygens (including phenoxy) is 1. The minimum Gasteiger partial charge on any atom is -0.378 e. The van der Waals surface area contributed by atoms with Crippen molar-refractivity contribution in [2.45, 2.75) is 50.4 Å². The van der Waals surface area contributed by atoms with Gasteiger partial charge in [0.05, 0.1) is 19.3 Å². The molecular formula is C24H36N4O2. The zero-order valence-electron chi connectivity index (χ0n) is 18.5. The Labute approximate surface area is 179 Å². The summed E-state index contributed by atoms with van der Waals surface area (Å²) >= 11 is 0. The quantitative estimate of drug-likeness (QED) is 0.749. The highest BCUT2D eigenvalue weighted by Gasteiger charge is 2.43. The summed E-state index contributed by atoms with van der Waals surface area (Å²) in [4.78, 5) is 21.1. The number of pyridine rings is 1. The molecule has 30 heavy (non-hydrogen) atoms. The minimum absolute atomic E-state index is 0.282. The summed E-state index contributed by atoms with van der Waals surface area (Å²) in [5.74, 6) is 2.64. The van der Waals surface area contributed by atoms with Crippen LogP contribution in [0.25, 0.3) is 0 Å². The third kappa shape index (κ3) is 3.19. The molecular weight excluding hydrogens is 376 g/mol. The molecule has 5 atom stereocenters. The van der Waals surface area contributed by atoms with Crippen molar-refractivity contribution >= 4 is 0 Å². The van der Waals surface area contributed by atoms with E-state index in [1.54, 1.807) is 0 Å². The van der Waals surface area contributed by atoms with Crippen molar-refractivity contribution in [1.82, 2.24) is 19.3 Å². The number of rotatable bonds is 4. The Kier molecular flexibility index (Phi) is 4.83. The molecule has 6 nitrogen and oxygen atoms in total. The van der Waals surface area contributed by atoms with Gasteiger partial charge in [-0.05, 0) is 57.2 Å². The van der Waals surface area contributed by atoms with Gasteiger partial charge in [-0.2, -0.15) is 0 Å². The molecule has 4 aliphatic heterocycles. The lowest BCUT2D eigenvalue weighted by molar-refractivity contribution is -0.0827. The number of hydrogen-bond acceptors (Lipinski definition) is 5. The van der Waals surface area contributed by atoms with E-state index in [2.05, 4.69) is 45.5 Å². The molecule has 1 aromatic heterocycles. The highest BCUT2D eigenvalue weighted by Crippen LogP contribution is 2.40. The Morgan fingerprint density at radius 1 is 1.03 bits per heavy atom. The van der Waals surface area contributed by atoms with Crippen molar-refractivity contribution in [3.8, 4) is 0 Å². The summed E-state index contributed by atoms with van der Waals surface area (Å²) < 4.78 is 7.56. The molecule has 1 aromatic rings. The van der Waals surface area contributed by atoms with E-state index >= 15 is 0 Å². The molecule has 5 aliphatic rings. The van der Waals surface area contributed by atoms with Crippen LogP contribution in [0.3, 0.4) is 0 Å². The molecule has 0 aromatic carbocycles. The van der Waals surface area contributed by atoms with Gasteiger partial charge >= 0.3 is 0 Å². The molecule has 164 valence electrons.